The lowest BCUT2D eigenvalue weighted by molar-refractivity contribution is 0.410. The Morgan fingerprint density at radius 3 is 2.95 bits per heavy atom. The minimum absolute atomic E-state index is 0.381. The summed E-state index contributed by atoms with van der Waals surface area (Å²) in [5.74, 6) is -0.00503. The van der Waals surface area contributed by atoms with Crippen LogP contribution in [0.2, 0.25) is 0 Å². The second-order valence-electron chi connectivity index (χ2n) is 4.23. The van der Waals surface area contributed by atoms with Crippen LogP contribution in [-0.4, -0.2) is 10.8 Å². The summed E-state index contributed by atoms with van der Waals surface area (Å²) in [6.07, 6.45) is 6.38. The van der Waals surface area contributed by atoms with Crippen molar-refractivity contribution in [1.29, 1.82) is 0 Å². The minimum Gasteiger partial charge on any atom is -0.444 e. The number of hydrogen-bond acceptors (Lipinski definition) is 6. The van der Waals surface area contributed by atoms with Crippen LogP contribution in [0.15, 0.2) is 58.5 Å². The molecule has 1 aliphatic heterocycles. The van der Waals surface area contributed by atoms with Gasteiger partial charge in [-0.2, -0.15) is 0 Å². The molecular weight excluding hydrogens is 242 g/mol. The van der Waals surface area contributed by atoms with Gasteiger partial charge in [0.25, 0.3) is 0 Å². The van der Waals surface area contributed by atoms with E-state index in [9.17, 15) is 0 Å². The number of aliphatic imine (C=N–C) groups is 1. The average molecular weight is 255 g/mol. The van der Waals surface area contributed by atoms with E-state index in [4.69, 9.17) is 15.9 Å². The summed E-state index contributed by atoms with van der Waals surface area (Å²) in [6, 6.07) is 7.57. The zero-order valence-electron chi connectivity index (χ0n) is 10.1. The first kappa shape index (κ1) is 11.5. The lowest BCUT2D eigenvalue weighted by Crippen LogP contribution is -2.49. The van der Waals surface area contributed by atoms with Crippen molar-refractivity contribution in [3.05, 3.63) is 54.7 Å². The van der Waals surface area contributed by atoms with Crippen molar-refractivity contribution in [2.75, 3.05) is 0 Å². The lowest BCUT2D eigenvalue weighted by atomic mass is 10.0. The van der Waals surface area contributed by atoms with Gasteiger partial charge >= 0.3 is 0 Å². The number of hydrogen-bond donors (Lipinski definition) is 3. The van der Waals surface area contributed by atoms with Gasteiger partial charge < -0.3 is 15.5 Å². The summed E-state index contributed by atoms with van der Waals surface area (Å²) < 4.78 is 5.27. The number of amidine groups is 1. The molecule has 1 aromatic carbocycles. The molecule has 1 aromatic heterocycles. The second-order valence-corrected chi connectivity index (χ2v) is 4.23. The maximum absolute atomic E-state index is 6.22. The Morgan fingerprint density at radius 2 is 2.21 bits per heavy atom. The van der Waals surface area contributed by atoms with E-state index in [2.05, 4.69) is 15.3 Å². The van der Waals surface area contributed by atoms with Gasteiger partial charge in [0, 0.05) is 17.3 Å². The quantitative estimate of drug-likeness (QED) is 0.739. The normalized spacial score (nSPS) is 21.8. The van der Waals surface area contributed by atoms with E-state index < -0.39 is 5.79 Å². The number of benzene rings is 1. The average Bonchev–Trinajstić information content (AvgIpc) is 2.92. The third-order valence-electron chi connectivity index (χ3n) is 2.88. The van der Waals surface area contributed by atoms with Crippen LogP contribution in [0.1, 0.15) is 5.56 Å². The highest BCUT2D eigenvalue weighted by Gasteiger charge is 2.27. The Labute approximate surface area is 109 Å². The van der Waals surface area contributed by atoms with E-state index in [1.807, 2.05) is 24.3 Å². The first-order valence-electron chi connectivity index (χ1n) is 5.75. The van der Waals surface area contributed by atoms with E-state index >= 15 is 0 Å². The zero-order chi connectivity index (χ0) is 13.3. The van der Waals surface area contributed by atoms with Crippen LogP contribution in [0.3, 0.4) is 0 Å². The molecule has 3 rings (SSSR count). The standard InChI is InChI=1S/C13H13N5O/c14-12-4-5-17-13(15,18-12)10-3-1-2-9(6-10)11-7-16-8-19-11/h1-8,17H,15H2,(H2,14,18). The molecule has 0 spiro atoms. The van der Waals surface area contributed by atoms with Crippen LogP contribution >= 0.6 is 0 Å². The first-order chi connectivity index (χ1) is 9.17. The molecule has 0 bridgehead atoms. The predicted molar refractivity (Wildman–Crippen MR) is 71.7 cm³/mol. The number of nitrogens with two attached hydrogens (primary N) is 2. The van der Waals surface area contributed by atoms with Gasteiger partial charge in [0.2, 0.25) is 5.79 Å². The summed E-state index contributed by atoms with van der Waals surface area (Å²) in [6.45, 7) is 0. The van der Waals surface area contributed by atoms with Gasteiger partial charge in [-0.1, -0.05) is 18.2 Å². The molecule has 0 amide bonds. The number of nitrogens with one attached hydrogen (secondary N) is 1. The fraction of sp³-hybridized carbons (Fsp3) is 0.0769. The van der Waals surface area contributed by atoms with Gasteiger partial charge in [-0.15, -0.1) is 0 Å². The number of rotatable bonds is 2. The third kappa shape index (κ3) is 2.09. The van der Waals surface area contributed by atoms with E-state index in [-0.39, 0.29) is 0 Å². The fourth-order valence-electron chi connectivity index (χ4n) is 1.94. The van der Waals surface area contributed by atoms with Gasteiger partial charge in [0.1, 0.15) is 5.84 Å². The third-order valence-corrected chi connectivity index (χ3v) is 2.88. The fourth-order valence-corrected chi connectivity index (χ4v) is 1.94. The van der Waals surface area contributed by atoms with Crippen molar-refractivity contribution in [3.8, 4) is 11.3 Å². The molecule has 0 radical (unpaired) electrons. The minimum atomic E-state index is -1.06. The maximum Gasteiger partial charge on any atom is 0.211 e. The molecule has 6 heteroatoms. The van der Waals surface area contributed by atoms with Crippen molar-refractivity contribution in [2.24, 2.45) is 16.5 Å². The highest BCUT2D eigenvalue weighted by atomic mass is 16.3. The van der Waals surface area contributed by atoms with E-state index in [1.165, 1.54) is 6.39 Å². The molecular formula is C13H13N5O. The highest BCUT2D eigenvalue weighted by Crippen LogP contribution is 2.25. The zero-order valence-corrected chi connectivity index (χ0v) is 10.1. The molecule has 5 N–H and O–H groups in total. The summed E-state index contributed by atoms with van der Waals surface area (Å²) in [7, 11) is 0. The van der Waals surface area contributed by atoms with Crippen molar-refractivity contribution >= 4 is 5.84 Å². The predicted octanol–water partition coefficient (Wildman–Crippen LogP) is 0.885. The molecule has 0 fully saturated rings. The molecule has 0 aliphatic carbocycles. The van der Waals surface area contributed by atoms with Crippen LogP contribution in [0, 0.1) is 0 Å². The van der Waals surface area contributed by atoms with Gasteiger partial charge in [0.05, 0.1) is 6.20 Å². The molecule has 19 heavy (non-hydrogen) atoms. The number of nitrogens with zero attached hydrogens (tertiary/aromatic N) is 2. The Hall–Kier alpha value is -2.60. The maximum atomic E-state index is 6.22. The molecule has 0 saturated carbocycles. The largest absolute Gasteiger partial charge is 0.444 e. The molecule has 2 aromatic rings. The Balaban J connectivity index is 2.03. The van der Waals surface area contributed by atoms with Gasteiger partial charge in [0.15, 0.2) is 12.2 Å². The molecule has 1 unspecified atom stereocenters. The van der Waals surface area contributed by atoms with E-state index in [0.717, 1.165) is 11.1 Å². The van der Waals surface area contributed by atoms with E-state index in [0.29, 0.717) is 11.6 Å². The van der Waals surface area contributed by atoms with Gasteiger partial charge in [-0.25, -0.2) is 9.98 Å². The van der Waals surface area contributed by atoms with Crippen molar-refractivity contribution < 1.29 is 4.42 Å². The Bertz CT molecular complexity index is 647. The highest BCUT2D eigenvalue weighted by molar-refractivity contribution is 5.92. The van der Waals surface area contributed by atoms with Crippen LogP contribution in [-0.2, 0) is 5.79 Å². The monoisotopic (exact) mass is 255 g/mol. The van der Waals surface area contributed by atoms with Crippen molar-refractivity contribution in [2.45, 2.75) is 5.79 Å². The number of oxazole rings is 1. The molecule has 1 aliphatic rings. The molecule has 96 valence electrons. The SMILES string of the molecule is NC1=NC(N)(c2cccc(-c3cnco3)c2)NC=C1. The van der Waals surface area contributed by atoms with Crippen LogP contribution in [0.4, 0.5) is 0 Å². The Morgan fingerprint density at radius 1 is 1.32 bits per heavy atom. The van der Waals surface area contributed by atoms with Crippen molar-refractivity contribution in [3.63, 3.8) is 0 Å². The topological polar surface area (TPSA) is 102 Å². The van der Waals surface area contributed by atoms with Crippen LogP contribution < -0.4 is 16.8 Å². The number of aromatic nitrogens is 1. The summed E-state index contributed by atoms with van der Waals surface area (Å²) >= 11 is 0. The van der Waals surface area contributed by atoms with Gasteiger partial charge in [-0.05, 0) is 12.1 Å². The summed E-state index contributed by atoms with van der Waals surface area (Å²) in [4.78, 5) is 8.13. The smallest absolute Gasteiger partial charge is 0.211 e. The van der Waals surface area contributed by atoms with E-state index in [1.54, 1.807) is 18.5 Å². The molecule has 0 saturated heterocycles. The summed E-state index contributed by atoms with van der Waals surface area (Å²) in [5.41, 5.74) is 13.6. The lowest BCUT2D eigenvalue weighted by Gasteiger charge is -2.28. The Kier molecular flexibility index (Phi) is 2.57. The van der Waals surface area contributed by atoms with Gasteiger partial charge in [-0.3, -0.25) is 5.73 Å². The van der Waals surface area contributed by atoms with Crippen molar-refractivity contribution in [1.82, 2.24) is 10.3 Å². The van der Waals surface area contributed by atoms with Crippen LogP contribution in [0.5, 0.6) is 0 Å². The second kappa shape index (κ2) is 4.25. The van der Waals surface area contributed by atoms with Crippen LogP contribution in [0.25, 0.3) is 11.3 Å². The molecule has 1 atom stereocenters. The summed E-state index contributed by atoms with van der Waals surface area (Å²) in [5, 5.41) is 3.00. The molecule has 2 heterocycles. The first-order valence-corrected chi connectivity index (χ1v) is 5.75. The molecule has 6 nitrogen and oxygen atoms in total.